The van der Waals surface area contributed by atoms with Crippen molar-refractivity contribution >= 4 is 17.7 Å². The van der Waals surface area contributed by atoms with Crippen molar-refractivity contribution in [1.82, 2.24) is 0 Å². The fourth-order valence-corrected chi connectivity index (χ4v) is 3.56. The Kier molecular flexibility index (Phi) is 4.80. The van der Waals surface area contributed by atoms with Gasteiger partial charge in [0.25, 0.3) is 0 Å². The molecule has 0 spiro atoms. The highest BCUT2D eigenvalue weighted by Crippen LogP contribution is 2.48. The molecule has 0 heterocycles. The summed E-state index contributed by atoms with van der Waals surface area (Å²) in [5.41, 5.74) is 0.154. The SMILES string of the molecule is COC(=O)CCC1=C[C@H]2CCCC(=O)[C@@]2(C(=O)OC)CC1. The van der Waals surface area contributed by atoms with Gasteiger partial charge in [-0.05, 0) is 32.1 Å². The maximum absolute atomic E-state index is 12.4. The van der Waals surface area contributed by atoms with E-state index < -0.39 is 11.4 Å². The Morgan fingerprint density at radius 2 is 2.05 bits per heavy atom. The first-order valence-corrected chi connectivity index (χ1v) is 7.42. The summed E-state index contributed by atoms with van der Waals surface area (Å²) in [7, 11) is 2.71. The van der Waals surface area contributed by atoms with Crippen LogP contribution in [0, 0.1) is 11.3 Å². The van der Waals surface area contributed by atoms with E-state index in [4.69, 9.17) is 4.74 Å². The molecule has 0 radical (unpaired) electrons. The molecule has 2 aliphatic rings. The number of ketones is 1. The minimum absolute atomic E-state index is 0.00821. The Morgan fingerprint density at radius 1 is 1.29 bits per heavy atom. The van der Waals surface area contributed by atoms with Crippen molar-refractivity contribution in [3.8, 4) is 0 Å². The zero-order valence-electron chi connectivity index (χ0n) is 12.6. The lowest BCUT2D eigenvalue weighted by atomic mass is 9.59. The summed E-state index contributed by atoms with van der Waals surface area (Å²) in [6, 6.07) is 0. The van der Waals surface area contributed by atoms with Crippen molar-refractivity contribution in [3.63, 3.8) is 0 Å². The molecular formula is C16H22O5. The van der Waals surface area contributed by atoms with Gasteiger partial charge >= 0.3 is 11.9 Å². The Morgan fingerprint density at radius 3 is 2.71 bits per heavy atom. The largest absolute Gasteiger partial charge is 0.469 e. The molecule has 21 heavy (non-hydrogen) atoms. The minimum atomic E-state index is -0.984. The quantitative estimate of drug-likeness (QED) is 0.451. The molecule has 0 aromatic carbocycles. The summed E-state index contributed by atoms with van der Waals surface area (Å²) in [5.74, 6) is -0.720. The van der Waals surface area contributed by atoms with Crippen LogP contribution in [0.3, 0.4) is 0 Å². The first-order chi connectivity index (χ1) is 10.0. The van der Waals surface area contributed by atoms with E-state index in [1.54, 1.807) is 0 Å². The molecule has 116 valence electrons. The molecule has 2 rings (SSSR count). The molecular weight excluding hydrogens is 272 g/mol. The van der Waals surface area contributed by atoms with Crippen LogP contribution in [0.5, 0.6) is 0 Å². The van der Waals surface area contributed by atoms with Crippen molar-refractivity contribution in [2.24, 2.45) is 11.3 Å². The van der Waals surface area contributed by atoms with Crippen LogP contribution in [0.1, 0.15) is 44.9 Å². The van der Waals surface area contributed by atoms with Gasteiger partial charge in [0.05, 0.1) is 14.2 Å². The number of carbonyl (C=O) groups is 3. The summed E-state index contributed by atoms with van der Waals surface area (Å²) < 4.78 is 9.55. The maximum Gasteiger partial charge on any atom is 0.319 e. The third-order valence-electron chi connectivity index (χ3n) is 4.75. The van der Waals surface area contributed by atoms with Gasteiger partial charge in [0.15, 0.2) is 5.78 Å². The normalized spacial score (nSPS) is 28.4. The van der Waals surface area contributed by atoms with Gasteiger partial charge in [0.1, 0.15) is 5.41 Å². The van der Waals surface area contributed by atoms with Crippen molar-refractivity contribution in [3.05, 3.63) is 11.6 Å². The molecule has 0 saturated heterocycles. The van der Waals surface area contributed by atoms with Crippen molar-refractivity contribution in [2.75, 3.05) is 14.2 Å². The molecule has 0 N–H and O–H groups in total. The van der Waals surface area contributed by atoms with Gasteiger partial charge in [0.2, 0.25) is 0 Å². The second kappa shape index (κ2) is 6.41. The monoisotopic (exact) mass is 294 g/mol. The van der Waals surface area contributed by atoms with Gasteiger partial charge in [-0.1, -0.05) is 11.6 Å². The summed E-state index contributed by atoms with van der Waals surface area (Å²) in [6.07, 6.45) is 6.25. The van der Waals surface area contributed by atoms with E-state index in [-0.39, 0.29) is 17.7 Å². The van der Waals surface area contributed by atoms with E-state index in [0.717, 1.165) is 18.4 Å². The summed E-state index contributed by atoms with van der Waals surface area (Å²) in [5, 5.41) is 0. The number of rotatable bonds is 4. The molecule has 1 saturated carbocycles. The fourth-order valence-electron chi connectivity index (χ4n) is 3.56. The van der Waals surface area contributed by atoms with Crippen LogP contribution in [0.15, 0.2) is 11.6 Å². The molecule has 5 heteroatoms. The number of carbonyl (C=O) groups excluding carboxylic acids is 3. The maximum atomic E-state index is 12.4. The highest BCUT2D eigenvalue weighted by Gasteiger charge is 2.54. The highest BCUT2D eigenvalue weighted by molar-refractivity contribution is 6.05. The number of Topliss-reactive ketones (excluding diaryl/α,β-unsaturated/α-hetero) is 1. The molecule has 0 aromatic heterocycles. The average Bonchev–Trinajstić information content (AvgIpc) is 2.51. The summed E-state index contributed by atoms with van der Waals surface area (Å²) in [6.45, 7) is 0. The topological polar surface area (TPSA) is 69.7 Å². The molecule has 0 unspecified atom stereocenters. The van der Waals surface area contributed by atoms with Gasteiger partial charge in [-0.25, -0.2) is 0 Å². The van der Waals surface area contributed by atoms with Gasteiger partial charge in [-0.3, -0.25) is 14.4 Å². The Bertz CT molecular complexity index is 469. The molecule has 0 bridgehead atoms. The van der Waals surface area contributed by atoms with Gasteiger partial charge in [0, 0.05) is 18.8 Å². The molecule has 0 aromatic rings. The van der Waals surface area contributed by atoms with Crippen molar-refractivity contribution < 1.29 is 23.9 Å². The zero-order valence-corrected chi connectivity index (χ0v) is 12.6. The smallest absolute Gasteiger partial charge is 0.319 e. The lowest BCUT2D eigenvalue weighted by Gasteiger charge is -2.42. The van der Waals surface area contributed by atoms with E-state index in [1.807, 2.05) is 6.08 Å². The molecule has 2 atom stereocenters. The van der Waals surface area contributed by atoms with E-state index in [2.05, 4.69) is 4.74 Å². The standard InChI is InChI=1S/C16H22O5/c1-20-14(18)7-6-11-8-9-16(15(19)21-2)12(10-11)4-3-5-13(16)17/h10,12H,3-9H2,1-2H3/t12-,16-/m1/s1. The number of fused-ring (bicyclic) bond motifs is 1. The third kappa shape index (κ3) is 2.87. The van der Waals surface area contributed by atoms with Crippen LogP contribution in [-0.4, -0.2) is 31.9 Å². The number of ether oxygens (including phenoxy) is 2. The number of hydrogen-bond donors (Lipinski definition) is 0. The molecule has 2 aliphatic carbocycles. The average molecular weight is 294 g/mol. The molecule has 0 amide bonds. The number of allylic oxidation sites excluding steroid dienone is 2. The molecule has 0 aliphatic heterocycles. The number of hydrogen-bond acceptors (Lipinski definition) is 5. The number of esters is 2. The van der Waals surface area contributed by atoms with E-state index in [9.17, 15) is 14.4 Å². The van der Waals surface area contributed by atoms with Gasteiger partial charge in [-0.15, -0.1) is 0 Å². The van der Waals surface area contributed by atoms with Gasteiger partial charge < -0.3 is 9.47 Å². The van der Waals surface area contributed by atoms with E-state index in [1.165, 1.54) is 14.2 Å². The molecule has 1 fully saturated rings. The van der Waals surface area contributed by atoms with E-state index in [0.29, 0.717) is 32.1 Å². The lowest BCUT2D eigenvalue weighted by Crippen LogP contribution is -2.49. The fraction of sp³-hybridized carbons (Fsp3) is 0.688. The third-order valence-corrected chi connectivity index (χ3v) is 4.75. The van der Waals surface area contributed by atoms with Crippen LogP contribution in [0.25, 0.3) is 0 Å². The zero-order chi connectivity index (χ0) is 15.5. The van der Waals surface area contributed by atoms with Crippen LogP contribution in [0.2, 0.25) is 0 Å². The second-order valence-electron chi connectivity index (χ2n) is 5.79. The summed E-state index contributed by atoms with van der Waals surface area (Å²) in [4.78, 5) is 35.8. The highest BCUT2D eigenvalue weighted by atomic mass is 16.5. The lowest BCUT2D eigenvalue weighted by molar-refractivity contribution is -0.164. The molecule has 5 nitrogen and oxygen atoms in total. The minimum Gasteiger partial charge on any atom is -0.469 e. The second-order valence-corrected chi connectivity index (χ2v) is 5.79. The van der Waals surface area contributed by atoms with Crippen molar-refractivity contribution in [2.45, 2.75) is 44.9 Å². The summed E-state index contributed by atoms with van der Waals surface area (Å²) >= 11 is 0. The number of methoxy groups -OCH3 is 2. The van der Waals surface area contributed by atoms with Crippen LogP contribution < -0.4 is 0 Å². The van der Waals surface area contributed by atoms with E-state index >= 15 is 0 Å². The Labute approximate surface area is 124 Å². The predicted molar refractivity (Wildman–Crippen MR) is 75.4 cm³/mol. The first kappa shape index (κ1) is 15.7. The van der Waals surface area contributed by atoms with Crippen molar-refractivity contribution in [1.29, 1.82) is 0 Å². The predicted octanol–water partition coefficient (Wildman–Crippen LogP) is 2.19. The van der Waals surface area contributed by atoms with Crippen LogP contribution in [-0.2, 0) is 23.9 Å². The van der Waals surface area contributed by atoms with Crippen LogP contribution >= 0.6 is 0 Å². The first-order valence-electron chi connectivity index (χ1n) is 7.42. The Hall–Kier alpha value is -1.65. The Balaban J connectivity index is 2.18. The van der Waals surface area contributed by atoms with Crippen LogP contribution in [0.4, 0.5) is 0 Å². The van der Waals surface area contributed by atoms with Gasteiger partial charge in [-0.2, -0.15) is 0 Å².